The van der Waals surface area contributed by atoms with Crippen molar-refractivity contribution in [2.24, 2.45) is 11.3 Å². The van der Waals surface area contributed by atoms with Crippen LogP contribution in [0.3, 0.4) is 0 Å². The molecule has 0 bridgehead atoms. The van der Waals surface area contributed by atoms with E-state index < -0.39 is 0 Å². The second-order valence-electron chi connectivity index (χ2n) is 7.32. The maximum Gasteiger partial charge on any atom is 0.0684 e. The first-order valence-corrected chi connectivity index (χ1v) is 8.56. The molecule has 2 heteroatoms. The summed E-state index contributed by atoms with van der Waals surface area (Å²) in [5.41, 5.74) is 0.133. The minimum Gasteiger partial charge on any atom is -0.392 e. The van der Waals surface area contributed by atoms with Crippen LogP contribution < -0.4 is 0 Å². The van der Waals surface area contributed by atoms with Crippen LogP contribution in [0.4, 0.5) is 0 Å². The topological polar surface area (TPSA) is 29.5 Å². The summed E-state index contributed by atoms with van der Waals surface area (Å²) in [6, 6.07) is 0. The van der Waals surface area contributed by atoms with Crippen molar-refractivity contribution in [2.45, 2.75) is 95.9 Å². The number of ether oxygens (including phenoxy) is 1. The maximum absolute atomic E-state index is 10.3. The van der Waals surface area contributed by atoms with Crippen LogP contribution in [-0.4, -0.2) is 23.4 Å². The number of hydrogen-bond donors (Lipinski definition) is 1. The van der Waals surface area contributed by atoms with Crippen LogP contribution in [0.15, 0.2) is 0 Å². The molecular formula is C17H30O2. The van der Waals surface area contributed by atoms with E-state index in [0.717, 1.165) is 6.42 Å². The summed E-state index contributed by atoms with van der Waals surface area (Å²) in [5.74, 6) is 0.717. The highest BCUT2D eigenvalue weighted by molar-refractivity contribution is 5.05. The van der Waals surface area contributed by atoms with E-state index in [1.165, 1.54) is 64.2 Å². The highest BCUT2D eigenvalue weighted by atomic mass is 16.5. The predicted molar refractivity (Wildman–Crippen MR) is 77.1 cm³/mol. The standard InChI is InChI=1S/C17H30O2/c1-13-8-4-5-9-14(13)19-16-12-15(18)17(16)10-6-2-3-7-11-17/h13-16,18H,2-12H2,1H3. The van der Waals surface area contributed by atoms with Gasteiger partial charge in [-0.15, -0.1) is 0 Å². The molecule has 1 spiro atoms. The number of aliphatic hydroxyl groups excluding tert-OH is 1. The lowest BCUT2D eigenvalue weighted by molar-refractivity contribution is -0.225. The molecular weight excluding hydrogens is 236 g/mol. The Hall–Kier alpha value is -0.0800. The van der Waals surface area contributed by atoms with E-state index in [1.54, 1.807) is 0 Å². The van der Waals surface area contributed by atoms with Gasteiger partial charge in [-0.25, -0.2) is 0 Å². The van der Waals surface area contributed by atoms with Gasteiger partial charge in [0.25, 0.3) is 0 Å². The molecule has 0 aromatic heterocycles. The molecule has 0 aliphatic heterocycles. The molecule has 0 aromatic rings. The third-order valence-electron chi connectivity index (χ3n) is 6.15. The first-order valence-electron chi connectivity index (χ1n) is 8.56. The summed E-state index contributed by atoms with van der Waals surface area (Å²) in [6.45, 7) is 2.35. The molecule has 1 N–H and O–H groups in total. The van der Waals surface area contributed by atoms with Crippen LogP contribution in [0, 0.1) is 11.3 Å². The molecule has 19 heavy (non-hydrogen) atoms. The smallest absolute Gasteiger partial charge is 0.0684 e. The fourth-order valence-electron chi connectivity index (χ4n) is 4.65. The largest absolute Gasteiger partial charge is 0.392 e. The molecule has 3 rings (SSSR count). The molecule has 3 fully saturated rings. The zero-order valence-corrected chi connectivity index (χ0v) is 12.4. The van der Waals surface area contributed by atoms with Crippen molar-refractivity contribution in [2.75, 3.05) is 0 Å². The van der Waals surface area contributed by atoms with E-state index in [2.05, 4.69) is 6.92 Å². The van der Waals surface area contributed by atoms with Crippen LogP contribution >= 0.6 is 0 Å². The van der Waals surface area contributed by atoms with Crippen molar-refractivity contribution < 1.29 is 9.84 Å². The summed E-state index contributed by atoms with van der Waals surface area (Å²) in [4.78, 5) is 0. The van der Waals surface area contributed by atoms with E-state index in [4.69, 9.17) is 4.74 Å². The first-order chi connectivity index (χ1) is 9.22. The summed E-state index contributed by atoms with van der Waals surface area (Å²) in [6.07, 6.45) is 14.6. The van der Waals surface area contributed by atoms with Gasteiger partial charge in [-0.1, -0.05) is 45.4 Å². The SMILES string of the molecule is CC1CCCCC1OC1CC(O)C12CCCCCC2. The molecule has 110 valence electrons. The van der Waals surface area contributed by atoms with Crippen LogP contribution in [0.1, 0.15) is 77.6 Å². The maximum atomic E-state index is 10.3. The summed E-state index contributed by atoms with van der Waals surface area (Å²) >= 11 is 0. The highest BCUT2D eigenvalue weighted by Gasteiger charge is 2.55. The van der Waals surface area contributed by atoms with Crippen LogP contribution in [-0.2, 0) is 4.74 Å². The van der Waals surface area contributed by atoms with Crippen LogP contribution in [0.2, 0.25) is 0 Å². The Morgan fingerprint density at radius 2 is 1.63 bits per heavy atom. The van der Waals surface area contributed by atoms with Gasteiger partial charge in [0.1, 0.15) is 0 Å². The Bertz CT molecular complexity index is 294. The van der Waals surface area contributed by atoms with Crippen molar-refractivity contribution in [1.29, 1.82) is 0 Å². The Balaban J connectivity index is 1.63. The van der Waals surface area contributed by atoms with Gasteiger partial charge in [-0.05, 0) is 31.6 Å². The van der Waals surface area contributed by atoms with Crippen molar-refractivity contribution in [3.8, 4) is 0 Å². The van der Waals surface area contributed by atoms with Crippen molar-refractivity contribution in [1.82, 2.24) is 0 Å². The lowest BCUT2D eigenvalue weighted by atomic mass is 9.59. The second-order valence-corrected chi connectivity index (χ2v) is 7.32. The van der Waals surface area contributed by atoms with Crippen molar-refractivity contribution in [3.05, 3.63) is 0 Å². The zero-order valence-electron chi connectivity index (χ0n) is 12.4. The molecule has 3 aliphatic carbocycles. The third-order valence-corrected chi connectivity index (χ3v) is 6.15. The lowest BCUT2D eigenvalue weighted by Crippen LogP contribution is -2.59. The number of hydrogen-bond acceptors (Lipinski definition) is 2. The van der Waals surface area contributed by atoms with Crippen molar-refractivity contribution in [3.63, 3.8) is 0 Å². The van der Waals surface area contributed by atoms with Crippen LogP contribution in [0.25, 0.3) is 0 Å². The van der Waals surface area contributed by atoms with E-state index in [-0.39, 0.29) is 11.5 Å². The van der Waals surface area contributed by atoms with E-state index in [1.807, 2.05) is 0 Å². The van der Waals surface area contributed by atoms with Crippen molar-refractivity contribution >= 4 is 0 Å². The quantitative estimate of drug-likeness (QED) is 0.817. The molecule has 0 aromatic carbocycles. The summed E-state index contributed by atoms with van der Waals surface area (Å²) in [7, 11) is 0. The molecule has 3 aliphatic rings. The molecule has 0 saturated heterocycles. The molecule has 4 unspecified atom stereocenters. The van der Waals surface area contributed by atoms with E-state index in [0.29, 0.717) is 18.1 Å². The monoisotopic (exact) mass is 266 g/mol. The van der Waals surface area contributed by atoms with Gasteiger partial charge in [0, 0.05) is 11.8 Å². The second kappa shape index (κ2) is 5.73. The number of aliphatic hydroxyl groups is 1. The Labute approximate surface area is 117 Å². The predicted octanol–water partition coefficient (Wildman–Crippen LogP) is 4.06. The lowest BCUT2D eigenvalue weighted by Gasteiger charge is -2.55. The number of rotatable bonds is 2. The van der Waals surface area contributed by atoms with Gasteiger partial charge in [0.15, 0.2) is 0 Å². The Morgan fingerprint density at radius 1 is 0.947 bits per heavy atom. The minimum absolute atomic E-state index is 0.0884. The van der Waals surface area contributed by atoms with E-state index in [9.17, 15) is 5.11 Å². The fourth-order valence-corrected chi connectivity index (χ4v) is 4.65. The molecule has 4 atom stereocenters. The van der Waals surface area contributed by atoms with Gasteiger partial charge in [0.2, 0.25) is 0 Å². The third kappa shape index (κ3) is 2.58. The normalized spacial score (nSPS) is 42.6. The Kier molecular flexibility index (Phi) is 4.19. The van der Waals surface area contributed by atoms with Gasteiger partial charge in [-0.2, -0.15) is 0 Å². The highest BCUT2D eigenvalue weighted by Crippen LogP contribution is 2.53. The molecule has 3 saturated carbocycles. The average Bonchev–Trinajstić information content (AvgIpc) is 2.68. The van der Waals surface area contributed by atoms with Gasteiger partial charge >= 0.3 is 0 Å². The van der Waals surface area contributed by atoms with Crippen LogP contribution in [0.5, 0.6) is 0 Å². The minimum atomic E-state index is -0.0884. The van der Waals surface area contributed by atoms with Gasteiger partial charge in [-0.3, -0.25) is 0 Å². The molecule has 0 amide bonds. The zero-order chi connectivity index (χ0) is 13.3. The summed E-state index contributed by atoms with van der Waals surface area (Å²) < 4.78 is 6.50. The summed E-state index contributed by atoms with van der Waals surface area (Å²) in [5, 5.41) is 10.3. The average molecular weight is 266 g/mol. The molecule has 0 heterocycles. The molecule has 2 nitrogen and oxygen atoms in total. The fraction of sp³-hybridized carbons (Fsp3) is 1.00. The Morgan fingerprint density at radius 3 is 2.26 bits per heavy atom. The van der Waals surface area contributed by atoms with Gasteiger partial charge in [0.05, 0.1) is 18.3 Å². The van der Waals surface area contributed by atoms with E-state index >= 15 is 0 Å². The first kappa shape index (κ1) is 13.9. The molecule has 0 radical (unpaired) electrons. The van der Waals surface area contributed by atoms with Gasteiger partial charge < -0.3 is 9.84 Å².